The number of thiophene rings is 1. The molecule has 0 saturated heterocycles. The lowest BCUT2D eigenvalue weighted by atomic mass is 10.0. The van der Waals surface area contributed by atoms with E-state index in [9.17, 15) is 14.4 Å². The standard InChI is InChI=1S/C22H28N2O5S/c1-6-17(25)23-21-20(22(27)28-5)19(14(4)30-21)15-9-11-16(12-10-15)29-13-18(26)24(7-2)8-3/h9-12H,6-8,13H2,1-5H3,(H,23,25). The third-order valence-corrected chi connectivity index (χ3v) is 5.69. The Balaban J connectivity index is 2.28. The number of methoxy groups -OCH3 is 1. The van der Waals surface area contributed by atoms with Crippen LogP contribution in [0, 0.1) is 6.92 Å². The summed E-state index contributed by atoms with van der Waals surface area (Å²) in [7, 11) is 1.31. The molecule has 1 heterocycles. The first-order valence-corrected chi connectivity index (χ1v) is 10.7. The molecule has 0 atom stereocenters. The van der Waals surface area contributed by atoms with Crippen molar-refractivity contribution in [3.8, 4) is 16.9 Å². The minimum Gasteiger partial charge on any atom is -0.484 e. The van der Waals surface area contributed by atoms with Gasteiger partial charge in [0.2, 0.25) is 5.91 Å². The molecule has 2 amide bonds. The van der Waals surface area contributed by atoms with Crippen LogP contribution in [0.4, 0.5) is 5.00 Å². The quantitative estimate of drug-likeness (QED) is 0.603. The number of hydrogen-bond acceptors (Lipinski definition) is 6. The Labute approximate surface area is 181 Å². The summed E-state index contributed by atoms with van der Waals surface area (Å²) in [5, 5.41) is 3.26. The Kier molecular flexibility index (Phi) is 8.41. The van der Waals surface area contributed by atoms with E-state index in [1.54, 1.807) is 24.0 Å². The van der Waals surface area contributed by atoms with Gasteiger partial charge in [0.25, 0.3) is 5.91 Å². The maximum absolute atomic E-state index is 12.4. The first-order chi connectivity index (χ1) is 14.4. The second-order valence-corrected chi connectivity index (χ2v) is 7.73. The van der Waals surface area contributed by atoms with Gasteiger partial charge in [-0.05, 0) is 38.5 Å². The summed E-state index contributed by atoms with van der Waals surface area (Å²) < 4.78 is 10.6. The molecule has 0 unspecified atom stereocenters. The number of benzene rings is 1. The van der Waals surface area contributed by atoms with Crippen LogP contribution >= 0.6 is 11.3 Å². The average molecular weight is 433 g/mol. The smallest absolute Gasteiger partial charge is 0.341 e. The Hall–Kier alpha value is -2.87. The topological polar surface area (TPSA) is 84.9 Å². The van der Waals surface area contributed by atoms with Gasteiger partial charge in [-0.15, -0.1) is 11.3 Å². The van der Waals surface area contributed by atoms with Crippen LogP contribution in [0.1, 0.15) is 42.4 Å². The van der Waals surface area contributed by atoms with Crippen molar-refractivity contribution in [2.75, 3.05) is 32.1 Å². The summed E-state index contributed by atoms with van der Waals surface area (Å²) in [5.41, 5.74) is 1.85. The summed E-state index contributed by atoms with van der Waals surface area (Å²) in [6, 6.07) is 7.16. The SMILES string of the molecule is CCC(=O)Nc1sc(C)c(-c2ccc(OCC(=O)N(CC)CC)cc2)c1C(=O)OC. The minimum absolute atomic E-state index is 0.0287. The minimum atomic E-state index is -0.508. The lowest BCUT2D eigenvalue weighted by Crippen LogP contribution is -2.34. The molecule has 0 spiro atoms. The molecule has 0 saturated carbocycles. The zero-order chi connectivity index (χ0) is 22.3. The lowest BCUT2D eigenvalue weighted by molar-refractivity contribution is -0.133. The molecular formula is C22H28N2O5S. The van der Waals surface area contributed by atoms with Crippen molar-refractivity contribution >= 4 is 34.1 Å². The number of esters is 1. The van der Waals surface area contributed by atoms with Crippen molar-refractivity contribution in [2.45, 2.75) is 34.1 Å². The molecule has 0 aliphatic heterocycles. The number of aryl methyl sites for hydroxylation is 1. The number of nitrogens with one attached hydrogen (secondary N) is 1. The fourth-order valence-electron chi connectivity index (χ4n) is 3.02. The van der Waals surface area contributed by atoms with Gasteiger partial charge in [-0.2, -0.15) is 0 Å². The van der Waals surface area contributed by atoms with Gasteiger partial charge in [0, 0.05) is 30.0 Å². The fourth-order valence-corrected chi connectivity index (χ4v) is 4.10. The molecular weight excluding hydrogens is 404 g/mol. The third kappa shape index (κ3) is 5.38. The highest BCUT2D eigenvalue weighted by Crippen LogP contribution is 2.40. The van der Waals surface area contributed by atoms with Crippen molar-refractivity contribution in [3.05, 3.63) is 34.7 Å². The molecule has 7 nitrogen and oxygen atoms in total. The molecule has 1 aromatic carbocycles. The van der Waals surface area contributed by atoms with Crippen LogP contribution in [-0.2, 0) is 14.3 Å². The first kappa shape index (κ1) is 23.4. The molecule has 2 rings (SSSR count). The molecule has 30 heavy (non-hydrogen) atoms. The maximum atomic E-state index is 12.4. The highest BCUT2D eigenvalue weighted by atomic mass is 32.1. The van der Waals surface area contributed by atoms with Gasteiger partial charge in [-0.3, -0.25) is 9.59 Å². The third-order valence-electron chi connectivity index (χ3n) is 4.67. The molecule has 0 aliphatic rings. The second kappa shape index (κ2) is 10.8. The van der Waals surface area contributed by atoms with E-state index in [1.807, 2.05) is 32.9 Å². The Morgan fingerprint density at radius 2 is 1.70 bits per heavy atom. The van der Waals surface area contributed by atoms with Crippen LogP contribution in [0.15, 0.2) is 24.3 Å². The number of nitrogens with zero attached hydrogens (tertiary/aromatic N) is 1. The number of rotatable bonds is 9. The normalized spacial score (nSPS) is 10.4. The first-order valence-electron chi connectivity index (χ1n) is 9.88. The zero-order valence-electron chi connectivity index (χ0n) is 18.0. The van der Waals surface area contributed by atoms with E-state index in [-0.39, 0.29) is 18.4 Å². The summed E-state index contributed by atoms with van der Waals surface area (Å²) in [4.78, 5) is 39.0. The Bertz CT molecular complexity index is 901. The van der Waals surface area contributed by atoms with Crippen molar-refractivity contribution < 1.29 is 23.9 Å². The number of carbonyl (C=O) groups is 3. The van der Waals surface area contributed by atoms with E-state index in [0.29, 0.717) is 41.4 Å². The Morgan fingerprint density at radius 3 is 2.23 bits per heavy atom. The van der Waals surface area contributed by atoms with E-state index in [2.05, 4.69) is 5.32 Å². The molecule has 0 bridgehead atoms. The number of ether oxygens (including phenoxy) is 2. The van der Waals surface area contributed by atoms with Crippen LogP contribution < -0.4 is 10.1 Å². The number of likely N-dealkylation sites (N-methyl/N-ethyl adjacent to an activating group) is 1. The molecule has 0 fully saturated rings. The van der Waals surface area contributed by atoms with Gasteiger partial charge in [0.1, 0.15) is 16.3 Å². The Morgan fingerprint density at radius 1 is 1.07 bits per heavy atom. The number of hydrogen-bond donors (Lipinski definition) is 1. The van der Waals surface area contributed by atoms with Crippen molar-refractivity contribution in [1.82, 2.24) is 4.90 Å². The van der Waals surface area contributed by atoms with E-state index in [0.717, 1.165) is 10.4 Å². The van der Waals surface area contributed by atoms with Crippen LogP contribution in [0.2, 0.25) is 0 Å². The van der Waals surface area contributed by atoms with Crippen LogP contribution in [0.25, 0.3) is 11.1 Å². The monoisotopic (exact) mass is 432 g/mol. The molecule has 1 N–H and O–H groups in total. The summed E-state index contributed by atoms with van der Waals surface area (Å²) in [6.07, 6.45) is 0.311. The molecule has 0 radical (unpaired) electrons. The highest BCUT2D eigenvalue weighted by Gasteiger charge is 2.25. The number of amides is 2. The summed E-state index contributed by atoms with van der Waals surface area (Å²) in [6.45, 7) is 8.74. The van der Waals surface area contributed by atoms with Gasteiger partial charge in [-0.25, -0.2) is 4.79 Å². The number of anilines is 1. The predicted molar refractivity (Wildman–Crippen MR) is 118 cm³/mol. The fraction of sp³-hybridized carbons (Fsp3) is 0.409. The van der Waals surface area contributed by atoms with Gasteiger partial charge >= 0.3 is 5.97 Å². The zero-order valence-corrected chi connectivity index (χ0v) is 18.9. The summed E-state index contributed by atoms with van der Waals surface area (Å²) >= 11 is 1.34. The lowest BCUT2D eigenvalue weighted by Gasteiger charge is -2.18. The van der Waals surface area contributed by atoms with Crippen molar-refractivity contribution in [1.29, 1.82) is 0 Å². The molecule has 0 aliphatic carbocycles. The van der Waals surface area contributed by atoms with E-state index < -0.39 is 5.97 Å². The maximum Gasteiger partial charge on any atom is 0.341 e. The number of carbonyl (C=O) groups excluding carboxylic acids is 3. The molecule has 1 aromatic heterocycles. The van der Waals surface area contributed by atoms with Gasteiger partial charge < -0.3 is 19.7 Å². The van der Waals surface area contributed by atoms with Crippen molar-refractivity contribution in [3.63, 3.8) is 0 Å². The summed E-state index contributed by atoms with van der Waals surface area (Å²) in [5.74, 6) is -0.186. The van der Waals surface area contributed by atoms with Crippen LogP contribution in [0.5, 0.6) is 5.75 Å². The highest BCUT2D eigenvalue weighted by molar-refractivity contribution is 7.17. The second-order valence-electron chi connectivity index (χ2n) is 6.51. The van der Waals surface area contributed by atoms with E-state index in [1.165, 1.54) is 18.4 Å². The van der Waals surface area contributed by atoms with Gasteiger partial charge in [-0.1, -0.05) is 19.1 Å². The largest absolute Gasteiger partial charge is 0.484 e. The molecule has 8 heteroatoms. The van der Waals surface area contributed by atoms with E-state index in [4.69, 9.17) is 9.47 Å². The molecule has 2 aromatic rings. The van der Waals surface area contributed by atoms with Crippen molar-refractivity contribution in [2.24, 2.45) is 0 Å². The van der Waals surface area contributed by atoms with Gasteiger partial charge in [0.05, 0.1) is 7.11 Å². The molecule has 162 valence electrons. The predicted octanol–water partition coefficient (Wildman–Crippen LogP) is 4.11. The average Bonchev–Trinajstić information content (AvgIpc) is 3.08. The van der Waals surface area contributed by atoms with Crippen LogP contribution in [-0.4, -0.2) is 49.5 Å². The van der Waals surface area contributed by atoms with Gasteiger partial charge in [0.15, 0.2) is 6.61 Å². The van der Waals surface area contributed by atoms with E-state index >= 15 is 0 Å². The van der Waals surface area contributed by atoms with Crippen LogP contribution in [0.3, 0.4) is 0 Å².